The van der Waals surface area contributed by atoms with Gasteiger partial charge in [-0.2, -0.15) is 0 Å². The zero-order chi connectivity index (χ0) is 12.6. The number of nitrogens with one attached hydrogen (secondary N) is 2. The molecule has 3 rings (SSSR count). The summed E-state index contributed by atoms with van der Waals surface area (Å²) >= 11 is 0. The number of hydrogen-bond donors (Lipinski definition) is 2. The van der Waals surface area contributed by atoms with Gasteiger partial charge in [0.2, 0.25) is 0 Å². The van der Waals surface area contributed by atoms with Gasteiger partial charge in [-0.25, -0.2) is 0 Å². The fourth-order valence-electron chi connectivity index (χ4n) is 4.10. The highest BCUT2D eigenvalue weighted by atomic mass is 15.0. The molecule has 2 aliphatic carbocycles. The summed E-state index contributed by atoms with van der Waals surface area (Å²) in [4.78, 5) is 0. The molecule has 4 atom stereocenters. The van der Waals surface area contributed by atoms with Crippen LogP contribution in [0.5, 0.6) is 0 Å². The molecule has 0 aromatic heterocycles. The summed E-state index contributed by atoms with van der Waals surface area (Å²) in [6.45, 7) is 6.06. The predicted molar refractivity (Wildman–Crippen MR) is 76.7 cm³/mol. The van der Waals surface area contributed by atoms with Crippen LogP contribution in [-0.2, 0) is 0 Å². The Kier molecular flexibility index (Phi) is 3.68. The lowest BCUT2D eigenvalue weighted by Crippen LogP contribution is -2.51. The molecule has 0 amide bonds. The molecule has 3 fully saturated rings. The first kappa shape index (κ1) is 12.9. The lowest BCUT2D eigenvalue weighted by Gasteiger charge is -2.40. The fourth-order valence-corrected chi connectivity index (χ4v) is 4.10. The van der Waals surface area contributed by atoms with Crippen molar-refractivity contribution in [2.75, 3.05) is 6.54 Å². The molecule has 1 saturated heterocycles. The monoisotopic (exact) mass is 250 g/mol. The van der Waals surface area contributed by atoms with Gasteiger partial charge in [-0.1, -0.05) is 33.1 Å². The molecule has 2 nitrogen and oxygen atoms in total. The minimum Gasteiger partial charge on any atom is -0.314 e. The molecule has 0 aromatic rings. The summed E-state index contributed by atoms with van der Waals surface area (Å²) in [6.07, 6.45) is 11.4. The summed E-state index contributed by atoms with van der Waals surface area (Å²) < 4.78 is 0. The van der Waals surface area contributed by atoms with Gasteiger partial charge in [0.15, 0.2) is 0 Å². The lowest BCUT2D eigenvalue weighted by atomic mass is 9.77. The quantitative estimate of drug-likeness (QED) is 0.804. The molecule has 2 N–H and O–H groups in total. The summed E-state index contributed by atoms with van der Waals surface area (Å²) in [7, 11) is 0. The van der Waals surface area contributed by atoms with E-state index in [0.717, 1.165) is 24.0 Å². The third-order valence-electron chi connectivity index (χ3n) is 5.61. The largest absolute Gasteiger partial charge is 0.314 e. The first-order chi connectivity index (χ1) is 8.67. The average Bonchev–Trinajstić information content (AvgIpc) is 2.98. The Labute approximate surface area is 112 Å². The van der Waals surface area contributed by atoms with E-state index in [0.29, 0.717) is 5.41 Å². The van der Waals surface area contributed by atoms with Crippen LogP contribution in [0.4, 0.5) is 0 Å². The number of piperidine rings is 1. The Morgan fingerprint density at radius 3 is 2.39 bits per heavy atom. The molecule has 4 unspecified atom stereocenters. The topological polar surface area (TPSA) is 24.1 Å². The van der Waals surface area contributed by atoms with E-state index in [1.165, 1.54) is 57.9 Å². The van der Waals surface area contributed by atoms with Gasteiger partial charge in [-0.05, 0) is 50.0 Å². The van der Waals surface area contributed by atoms with Crippen LogP contribution < -0.4 is 10.6 Å². The van der Waals surface area contributed by atoms with Gasteiger partial charge in [0.05, 0.1) is 0 Å². The second-order valence-electron chi connectivity index (χ2n) is 7.52. The van der Waals surface area contributed by atoms with Crippen molar-refractivity contribution < 1.29 is 0 Å². The Morgan fingerprint density at radius 1 is 1.00 bits per heavy atom. The van der Waals surface area contributed by atoms with E-state index >= 15 is 0 Å². The van der Waals surface area contributed by atoms with Crippen LogP contribution in [0.2, 0.25) is 0 Å². The van der Waals surface area contributed by atoms with E-state index in [-0.39, 0.29) is 0 Å². The van der Waals surface area contributed by atoms with Crippen LogP contribution in [0.3, 0.4) is 0 Å². The number of hydrogen-bond acceptors (Lipinski definition) is 2. The van der Waals surface area contributed by atoms with Crippen molar-refractivity contribution in [2.45, 2.75) is 83.3 Å². The molecular weight excluding hydrogens is 220 g/mol. The van der Waals surface area contributed by atoms with Crippen LogP contribution in [-0.4, -0.2) is 24.7 Å². The minimum atomic E-state index is 0.571. The highest BCUT2D eigenvalue weighted by Crippen LogP contribution is 2.46. The number of rotatable bonds is 3. The van der Waals surface area contributed by atoms with Crippen LogP contribution in [0.25, 0.3) is 0 Å². The van der Waals surface area contributed by atoms with E-state index in [9.17, 15) is 0 Å². The van der Waals surface area contributed by atoms with E-state index in [4.69, 9.17) is 0 Å². The SMILES string of the molecule is CC1(C)CC1NC1CCCCC1C1CCCCN1. The van der Waals surface area contributed by atoms with Crippen LogP contribution in [0.15, 0.2) is 0 Å². The lowest BCUT2D eigenvalue weighted by molar-refractivity contribution is 0.177. The van der Waals surface area contributed by atoms with Gasteiger partial charge in [-0.3, -0.25) is 0 Å². The van der Waals surface area contributed by atoms with Gasteiger partial charge in [0.25, 0.3) is 0 Å². The summed E-state index contributed by atoms with van der Waals surface area (Å²) in [5, 5.41) is 7.78. The van der Waals surface area contributed by atoms with Crippen molar-refractivity contribution in [3.63, 3.8) is 0 Å². The van der Waals surface area contributed by atoms with E-state index in [2.05, 4.69) is 24.5 Å². The van der Waals surface area contributed by atoms with Crippen molar-refractivity contribution in [3.05, 3.63) is 0 Å². The van der Waals surface area contributed by atoms with E-state index in [1.54, 1.807) is 0 Å². The Bertz CT molecular complexity index is 281. The van der Waals surface area contributed by atoms with Gasteiger partial charge >= 0.3 is 0 Å². The Hall–Kier alpha value is -0.0800. The van der Waals surface area contributed by atoms with Crippen LogP contribution >= 0.6 is 0 Å². The normalized spacial score (nSPS) is 43.7. The molecule has 0 aromatic carbocycles. The molecule has 3 aliphatic rings. The first-order valence-corrected chi connectivity index (χ1v) is 8.16. The van der Waals surface area contributed by atoms with Gasteiger partial charge < -0.3 is 10.6 Å². The van der Waals surface area contributed by atoms with Crippen LogP contribution in [0, 0.1) is 11.3 Å². The van der Waals surface area contributed by atoms with Crippen LogP contribution in [0.1, 0.15) is 65.2 Å². The molecule has 0 radical (unpaired) electrons. The predicted octanol–water partition coefficient (Wildman–Crippen LogP) is 3.08. The molecule has 2 saturated carbocycles. The second kappa shape index (κ2) is 5.13. The summed E-state index contributed by atoms with van der Waals surface area (Å²) in [5.41, 5.74) is 0.571. The molecule has 1 aliphatic heterocycles. The first-order valence-electron chi connectivity index (χ1n) is 8.16. The molecule has 104 valence electrons. The van der Waals surface area contributed by atoms with Crippen molar-refractivity contribution in [3.8, 4) is 0 Å². The summed E-state index contributed by atoms with van der Waals surface area (Å²) in [6, 6.07) is 2.39. The Balaban J connectivity index is 1.59. The van der Waals surface area contributed by atoms with Crippen molar-refractivity contribution in [1.29, 1.82) is 0 Å². The smallest absolute Gasteiger partial charge is 0.0127 e. The maximum absolute atomic E-state index is 3.99. The summed E-state index contributed by atoms with van der Waals surface area (Å²) in [5.74, 6) is 0.899. The molecule has 0 spiro atoms. The highest BCUT2D eigenvalue weighted by Gasteiger charge is 2.47. The van der Waals surface area contributed by atoms with Crippen molar-refractivity contribution >= 4 is 0 Å². The second-order valence-corrected chi connectivity index (χ2v) is 7.52. The standard InChI is InChI=1S/C16H30N2/c1-16(2)11-15(16)18-14-9-4-3-7-12(14)13-8-5-6-10-17-13/h12-15,17-18H,3-11H2,1-2H3. The highest BCUT2D eigenvalue weighted by molar-refractivity contribution is 5.04. The van der Waals surface area contributed by atoms with E-state index in [1.807, 2.05) is 0 Å². The van der Waals surface area contributed by atoms with Gasteiger partial charge in [0.1, 0.15) is 0 Å². The maximum Gasteiger partial charge on any atom is 0.0127 e. The molecule has 2 heteroatoms. The molecular formula is C16H30N2. The Morgan fingerprint density at radius 2 is 1.72 bits per heavy atom. The van der Waals surface area contributed by atoms with Crippen molar-refractivity contribution in [1.82, 2.24) is 10.6 Å². The van der Waals surface area contributed by atoms with E-state index < -0.39 is 0 Å². The molecule has 0 bridgehead atoms. The van der Waals surface area contributed by atoms with Gasteiger partial charge in [-0.15, -0.1) is 0 Å². The fraction of sp³-hybridized carbons (Fsp3) is 1.00. The zero-order valence-corrected chi connectivity index (χ0v) is 12.2. The minimum absolute atomic E-state index is 0.571. The molecule has 18 heavy (non-hydrogen) atoms. The average molecular weight is 250 g/mol. The zero-order valence-electron chi connectivity index (χ0n) is 12.2. The molecule has 1 heterocycles. The third-order valence-corrected chi connectivity index (χ3v) is 5.61. The third kappa shape index (κ3) is 2.75. The van der Waals surface area contributed by atoms with Gasteiger partial charge in [0, 0.05) is 18.1 Å². The maximum atomic E-state index is 3.99. The van der Waals surface area contributed by atoms with Crippen molar-refractivity contribution in [2.24, 2.45) is 11.3 Å².